The molecule has 238 valence electrons. The van der Waals surface area contributed by atoms with Gasteiger partial charge < -0.3 is 35.7 Å². The Kier molecular flexibility index (Phi) is 9.68. The summed E-state index contributed by atoms with van der Waals surface area (Å²) in [5, 5.41) is 39.2. The summed E-state index contributed by atoms with van der Waals surface area (Å²) in [7, 11) is 0. The fourth-order valence-corrected chi connectivity index (χ4v) is 6.62. The highest BCUT2D eigenvalue weighted by Gasteiger charge is 2.37. The van der Waals surface area contributed by atoms with Crippen molar-refractivity contribution in [1.82, 2.24) is 15.6 Å². The average Bonchev–Trinajstić information content (AvgIpc) is 3.09. The van der Waals surface area contributed by atoms with Crippen LogP contribution >= 0.6 is 0 Å². The number of aromatic nitrogens is 1. The number of aromatic hydroxyl groups is 2. The summed E-state index contributed by atoms with van der Waals surface area (Å²) in [6.45, 7) is 3.37. The molecule has 0 bridgehead atoms. The maximum atomic E-state index is 11.7. The molecule has 0 unspecified atom stereocenters. The standard InChI is InChI=1S/C38H41N3O5/c42-33-13-8-27(24-32(33)38(18-21-39-22-19-38)28-4-2-1-3-5-28)17-23-46-29-9-6-26(7-10-29)16-20-40-25-35(44)30-11-14-34(43)37-31(30)12-15-36(45)41-37/h1-15,24,35,39-40,42-44H,16-23,25H2,(H,41,45)/t35-/m0/s1. The Labute approximate surface area is 268 Å². The number of ether oxygens (including phenoxy) is 1. The zero-order chi connectivity index (χ0) is 31.9. The molecule has 0 aliphatic carbocycles. The average molecular weight is 620 g/mol. The molecule has 0 amide bonds. The van der Waals surface area contributed by atoms with Gasteiger partial charge in [-0.3, -0.25) is 4.79 Å². The third-order valence-electron chi connectivity index (χ3n) is 9.14. The number of piperidine rings is 1. The highest BCUT2D eigenvalue weighted by atomic mass is 16.5. The largest absolute Gasteiger partial charge is 0.508 e. The zero-order valence-electron chi connectivity index (χ0n) is 25.8. The number of phenolic OH excluding ortho intramolecular Hbond substituents is 2. The van der Waals surface area contributed by atoms with E-state index >= 15 is 0 Å². The van der Waals surface area contributed by atoms with Gasteiger partial charge >= 0.3 is 0 Å². The normalized spacial score (nSPS) is 15.1. The Morgan fingerprint density at radius 1 is 0.826 bits per heavy atom. The van der Waals surface area contributed by atoms with Crippen molar-refractivity contribution in [2.45, 2.75) is 37.2 Å². The minimum absolute atomic E-state index is 0.0251. The van der Waals surface area contributed by atoms with E-state index in [0.29, 0.717) is 41.9 Å². The van der Waals surface area contributed by atoms with E-state index < -0.39 is 6.10 Å². The van der Waals surface area contributed by atoms with Crippen molar-refractivity contribution in [2.75, 3.05) is 32.8 Å². The number of rotatable bonds is 12. The molecule has 6 rings (SSSR count). The molecule has 2 heterocycles. The molecule has 8 heteroatoms. The molecule has 4 aromatic carbocycles. The van der Waals surface area contributed by atoms with Crippen molar-refractivity contribution in [3.63, 3.8) is 0 Å². The van der Waals surface area contributed by atoms with Gasteiger partial charge in [0, 0.05) is 35.4 Å². The summed E-state index contributed by atoms with van der Waals surface area (Å²) in [5.41, 5.74) is 4.99. The smallest absolute Gasteiger partial charge is 0.248 e. The first kappa shape index (κ1) is 31.4. The number of hydrogen-bond acceptors (Lipinski definition) is 7. The van der Waals surface area contributed by atoms with Crippen LogP contribution in [0.3, 0.4) is 0 Å². The minimum Gasteiger partial charge on any atom is -0.508 e. The van der Waals surface area contributed by atoms with E-state index in [1.54, 1.807) is 12.1 Å². The molecule has 8 nitrogen and oxygen atoms in total. The van der Waals surface area contributed by atoms with Gasteiger partial charge in [-0.05, 0) is 91.5 Å². The molecule has 1 aromatic heterocycles. The topological polar surface area (TPSA) is 127 Å². The van der Waals surface area contributed by atoms with Crippen LogP contribution in [-0.2, 0) is 18.3 Å². The number of nitrogens with one attached hydrogen (secondary N) is 3. The van der Waals surface area contributed by atoms with Crippen molar-refractivity contribution < 1.29 is 20.1 Å². The third kappa shape index (κ3) is 6.94. The fraction of sp³-hybridized carbons (Fsp3) is 0.289. The van der Waals surface area contributed by atoms with Crippen molar-refractivity contribution in [2.24, 2.45) is 0 Å². The first-order valence-corrected chi connectivity index (χ1v) is 16.0. The summed E-state index contributed by atoms with van der Waals surface area (Å²) in [5.74, 6) is 1.13. The fourth-order valence-electron chi connectivity index (χ4n) is 6.62. The van der Waals surface area contributed by atoms with Crippen LogP contribution in [0.25, 0.3) is 10.9 Å². The third-order valence-corrected chi connectivity index (χ3v) is 9.14. The summed E-state index contributed by atoms with van der Waals surface area (Å²) >= 11 is 0. The summed E-state index contributed by atoms with van der Waals surface area (Å²) < 4.78 is 6.09. The van der Waals surface area contributed by atoms with Gasteiger partial charge in [0.1, 0.15) is 17.2 Å². The van der Waals surface area contributed by atoms with Crippen LogP contribution in [0.1, 0.15) is 46.8 Å². The molecule has 0 saturated carbocycles. The second kappa shape index (κ2) is 14.2. The zero-order valence-corrected chi connectivity index (χ0v) is 25.8. The van der Waals surface area contributed by atoms with E-state index in [0.717, 1.165) is 61.2 Å². The Morgan fingerprint density at radius 2 is 1.57 bits per heavy atom. The number of pyridine rings is 1. The molecular weight excluding hydrogens is 578 g/mol. The van der Waals surface area contributed by atoms with Crippen LogP contribution < -0.4 is 20.9 Å². The van der Waals surface area contributed by atoms with E-state index in [4.69, 9.17) is 4.74 Å². The Balaban J connectivity index is 0.999. The van der Waals surface area contributed by atoms with Gasteiger partial charge in [0.25, 0.3) is 0 Å². The predicted octanol–water partition coefficient (Wildman–Crippen LogP) is 5.10. The number of aliphatic hydroxyl groups is 1. The summed E-state index contributed by atoms with van der Waals surface area (Å²) in [6.07, 6.45) is 2.60. The van der Waals surface area contributed by atoms with Gasteiger partial charge in [-0.25, -0.2) is 0 Å². The lowest BCUT2D eigenvalue weighted by Gasteiger charge is -2.39. The molecule has 0 radical (unpaired) electrons. The van der Waals surface area contributed by atoms with Crippen molar-refractivity contribution in [3.8, 4) is 17.2 Å². The number of phenols is 2. The molecule has 1 saturated heterocycles. The number of fused-ring (bicyclic) bond motifs is 1. The van der Waals surface area contributed by atoms with E-state index in [9.17, 15) is 20.1 Å². The van der Waals surface area contributed by atoms with Crippen LogP contribution in [0.5, 0.6) is 17.2 Å². The number of hydrogen-bond donors (Lipinski definition) is 6. The molecule has 0 spiro atoms. The van der Waals surface area contributed by atoms with Gasteiger partial charge in [-0.1, -0.05) is 60.7 Å². The van der Waals surface area contributed by atoms with E-state index in [1.165, 1.54) is 17.7 Å². The van der Waals surface area contributed by atoms with Gasteiger partial charge in [0.2, 0.25) is 5.56 Å². The highest BCUT2D eigenvalue weighted by Crippen LogP contribution is 2.44. The van der Waals surface area contributed by atoms with Gasteiger partial charge in [0.05, 0.1) is 18.2 Å². The predicted molar refractivity (Wildman–Crippen MR) is 181 cm³/mol. The summed E-state index contributed by atoms with van der Waals surface area (Å²) in [6, 6.07) is 30.8. The number of benzene rings is 4. The minimum atomic E-state index is -0.794. The lowest BCUT2D eigenvalue weighted by molar-refractivity contribution is 0.176. The van der Waals surface area contributed by atoms with Gasteiger partial charge in [0.15, 0.2) is 0 Å². The monoisotopic (exact) mass is 619 g/mol. The molecule has 1 atom stereocenters. The van der Waals surface area contributed by atoms with Gasteiger partial charge in [-0.2, -0.15) is 0 Å². The van der Waals surface area contributed by atoms with Crippen LogP contribution in [0, 0.1) is 0 Å². The SMILES string of the molecule is O=c1ccc2c([C@@H](O)CNCCc3ccc(OCCc4ccc(O)c(C5(c6ccccc6)CCNCC5)c4)cc3)ccc(O)c2[nH]1. The second-order valence-corrected chi connectivity index (χ2v) is 12.0. The molecule has 1 aliphatic rings. The summed E-state index contributed by atoms with van der Waals surface area (Å²) in [4.78, 5) is 14.3. The molecular formula is C38H41N3O5. The lowest BCUT2D eigenvalue weighted by Crippen LogP contribution is -2.40. The van der Waals surface area contributed by atoms with E-state index in [-0.39, 0.29) is 16.7 Å². The van der Waals surface area contributed by atoms with Crippen LogP contribution in [-0.4, -0.2) is 53.1 Å². The van der Waals surface area contributed by atoms with Crippen molar-refractivity contribution >= 4 is 10.9 Å². The number of aliphatic hydroxyl groups excluding tert-OH is 1. The number of aromatic amines is 1. The first-order valence-electron chi connectivity index (χ1n) is 16.0. The molecule has 46 heavy (non-hydrogen) atoms. The Bertz CT molecular complexity index is 1820. The molecule has 6 N–H and O–H groups in total. The van der Waals surface area contributed by atoms with Crippen molar-refractivity contribution in [3.05, 3.63) is 135 Å². The van der Waals surface area contributed by atoms with Crippen LogP contribution in [0.15, 0.2) is 102 Å². The quantitative estimate of drug-likeness (QED) is 0.107. The lowest BCUT2D eigenvalue weighted by atomic mass is 9.67. The highest BCUT2D eigenvalue weighted by molar-refractivity contribution is 5.87. The maximum absolute atomic E-state index is 11.7. The molecule has 5 aromatic rings. The number of H-pyrrole nitrogens is 1. The Morgan fingerprint density at radius 3 is 2.35 bits per heavy atom. The van der Waals surface area contributed by atoms with E-state index in [1.807, 2.05) is 30.3 Å². The Hall–Kier alpha value is -4.63. The first-order chi connectivity index (χ1) is 22.4. The second-order valence-electron chi connectivity index (χ2n) is 12.0. The molecule has 1 aliphatic heterocycles. The van der Waals surface area contributed by atoms with Crippen LogP contribution in [0.4, 0.5) is 0 Å². The molecule has 1 fully saturated rings. The van der Waals surface area contributed by atoms with E-state index in [2.05, 4.69) is 58.1 Å². The van der Waals surface area contributed by atoms with Crippen LogP contribution in [0.2, 0.25) is 0 Å². The van der Waals surface area contributed by atoms with Crippen molar-refractivity contribution in [1.29, 1.82) is 0 Å². The van der Waals surface area contributed by atoms with Gasteiger partial charge in [-0.15, -0.1) is 0 Å². The maximum Gasteiger partial charge on any atom is 0.248 e.